The lowest BCUT2D eigenvalue weighted by Gasteiger charge is -2.20. The van der Waals surface area contributed by atoms with Gasteiger partial charge < -0.3 is 10.1 Å². The van der Waals surface area contributed by atoms with E-state index in [1.54, 1.807) is 6.07 Å². The summed E-state index contributed by atoms with van der Waals surface area (Å²) in [5.74, 6) is 0.396. The van der Waals surface area contributed by atoms with E-state index in [4.69, 9.17) is 4.74 Å². The van der Waals surface area contributed by atoms with Gasteiger partial charge in [0.1, 0.15) is 0 Å². The second-order valence-corrected chi connectivity index (χ2v) is 6.60. The van der Waals surface area contributed by atoms with Gasteiger partial charge in [-0.1, -0.05) is 26.8 Å². The second-order valence-electron chi connectivity index (χ2n) is 6.60. The van der Waals surface area contributed by atoms with Crippen LogP contribution in [0.4, 0.5) is 5.69 Å². The molecule has 0 aliphatic heterocycles. The van der Waals surface area contributed by atoms with Crippen molar-refractivity contribution in [3.05, 3.63) is 29.8 Å². The molecule has 0 spiro atoms. The summed E-state index contributed by atoms with van der Waals surface area (Å²) < 4.78 is 5.04. The second kappa shape index (κ2) is 5.86. The van der Waals surface area contributed by atoms with E-state index in [0.717, 1.165) is 12.1 Å². The summed E-state index contributed by atoms with van der Waals surface area (Å²) in [4.78, 5) is 11.8. The molecule has 1 N–H and O–H groups in total. The SMILES string of the molecule is CCOC(=O)c1cccc(NC2CC(C)(C)CC2C)c1. The van der Waals surface area contributed by atoms with Crippen LogP contribution in [-0.2, 0) is 4.74 Å². The molecule has 1 aromatic carbocycles. The number of hydrogen-bond donors (Lipinski definition) is 1. The van der Waals surface area contributed by atoms with Gasteiger partial charge in [-0.2, -0.15) is 0 Å². The molecular weight excluding hydrogens is 250 g/mol. The summed E-state index contributed by atoms with van der Waals surface area (Å²) in [5.41, 5.74) is 2.02. The molecule has 1 saturated carbocycles. The Balaban J connectivity index is 2.07. The van der Waals surface area contributed by atoms with Crippen LogP contribution in [0.2, 0.25) is 0 Å². The summed E-state index contributed by atoms with van der Waals surface area (Å²) >= 11 is 0. The first kappa shape index (κ1) is 14.9. The standard InChI is InChI=1S/C17H25NO2/c1-5-20-16(19)13-7-6-8-14(9-13)18-15-11-17(3,4)10-12(15)2/h6-9,12,15,18H,5,10-11H2,1-4H3. The van der Waals surface area contributed by atoms with Gasteiger partial charge in [-0.3, -0.25) is 0 Å². The molecule has 0 bridgehead atoms. The molecule has 0 saturated heterocycles. The van der Waals surface area contributed by atoms with Gasteiger partial charge in [0, 0.05) is 11.7 Å². The third-order valence-corrected chi connectivity index (χ3v) is 4.06. The topological polar surface area (TPSA) is 38.3 Å². The van der Waals surface area contributed by atoms with Gasteiger partial charge >= 0.3 is 5.97 Å². The van der Waals surface area contributed by atoms with Crippen LogP contribution in [-0.4, -0.2) is 18.6 Å². The van der Waals surface area contributed by atoms with E-state index in [9.17, 15) is 4.79 Å². The van der Waals surface area contributed by atoms with Crippen LogP contribution in [0.5, 0.6) is 0 Å². The van der Waals surface area contributed by atoms with E-state index < -0.39 is 0 Å². The van der Waals surface area contributed by atoms with Gasteiger partial charge in [0.05, 0.1) is 12.2 Å². The van der Waals surface area contributed by atoms with Crippen molar-refractivity contribution in [2.24, 2.45) is 11.3 Å². The molecule has 2 unspecified atom stereocenters. The van der Waals surface area contributed by atoms with Crippen LogP contribution >= 0.6 is 0 Å². The van der Waals surface area contributed by atoms with Gasteiger partial charge in [-0.25, -0.2) is 4.79 Å². The Morgan fingerprint density at radius 3 is 2.75 bits per heavy atom. The number of benzene rings is 1. The Hall–Kier alpha value is -1.51. The normalized spacial score (nSPS) is 24.4. The minimum Gasteiger partial charge on any atom is -0.462 e. The summed E-state index contributed by atoms with van der Waals surface area (Å²) in [6.45, 7) is 9.16. The first-order chi connectivity index (χ1) is 9.41. The Morgan fingerprint density at radius 2 is 2.15 bits per heavy atom. The maximum Gasteiger partial charge on any atom is 0.338 e. The van der Waals surface area contributed by atoms with Crippen molar-refractivity contribution in [2.75, 3.05) is 11.9 Å². The Bertz CT molecular complexity index is 482. The summed E-state index contributed by atoms with van der Waals surface area (Å²) in [6, 6.07) is 8.07. The van der Waals surface area contributed by atoms with E-state index >= 15 is 0 Å². The molecule has 3 nitrogen and oxygen atoms in total. The number of rotatable bonds is 4. The first-order valence-corrected chi connectivity index (χ1v) is 7.45. The lowest BCUT2D eigenvalue weighted by atomic mass is 9.91. The molecular formula is C17H25NO2. The van der Waals surface area contributed by atoms with Crippen LogP contribution in [0, 0.1) is 11.3 Å². The van der Waals surface area contributed by atoms with Gasteiger partial charge in [0.15, 0.2) is 0 Å². The predicted octanol–water partition coefficient (Wildman–Crippen LogP) is 4.10. The van der Waals surface area contributed by atoms with E-state index in [2.05, 4.69) is 26.1 Å². The minimum absolute atomic E-state index is 0.254. The number of ether oxygens (including phenoxy) is 1. The van der Waals surface area contributed by atoms with Crippen LogP contribution in [0.1, 0.15) is 50.9 Å². The Morgan fingerprint density at radius 1 is 1.40 bits per heavy atom. The van der Waals surface area contributed by atoms with E-state index in [1.165, 1.54) is 6.42 Å². The number of carbonyl (C=O) groups excluding carboxylic acids is 1. The fraction of sp³-hybridized carbons (Fsp3) is 0.588. The van der Waals surface area contributed by atoms with Crippen molar-refractivity contribution in [3.63, 3.8) is 0 Å². The van der Waals surface area contributed by atoms with E-state index in [1.807, 2.05) is 25.1 Å². The highest BCUT2D eigenvalue weighted by atomic mass is 16.5. The number of nitrogens with one attached hydrogen (secondary N) is 1. The molecule has 1 aromatic rings. The first-order valence-electron chi connectivity index (χ1n) is 7.45. The monoisotopic (exact) mass is 275 g/mol. The zero-order chi connectivity index (χ0) is 14.8. The van der Waals surface area contributed by atoms with Crippen molar-refractivity contribution >= 4 is 11.7 Å². The lowest BCUT2D eigenvalue weighted by molar-refractivity contribution is 0.0526. The maximum atomic E-state index is 11.8. The van der Waals surface area contributed by atoms with Crippen molar-refractivity contribution in [1.29, 1.82) is 0 Å². The molecule has 110 valence electrons. The molecule has 1 fully saturated rings. The third-order valence-electron chi connectivity index (χ3n) is 4.06. The highest BCUT2D eigenvalue weighted by Gasteiger charge is 2.36. The zero-order valence-corrected chi connectivity index (χ0v) is 12.9. The third kappa shape index (κ3) is 3.53. The molecule has 0 amide bonds. The zero-order valence-electron chi connectivity index (χ0n) is 12.9. The van der Waals surface area contributed by atoms with Gasteiger partial charge in [-0.05, 0) is 49.3 Å². The van der Waals surface area contributed by atoms with Crippen molar-refractivity contribution < 1.29 is 9.53 Å². The van der Waals surface area contributed by atoms with Crippen molar-refractivity contribution in [3.8, 4) is 0 Å². The average Bonchev–Trinajstić information content (AvgIpc) is 2.63. The fourth-order valence-corrected chi connectivity index (χ4v) is 3.25. The molecule has 1 aliphatic carbocycles. The van der Waals surface area contributed by atoms with Gasteiger partial charge in [0.2, 0.25) is 0 Å². The maximum absolute atomic E-state index is 11.8. The number of esters is 1. The smallest absolute Gasteiger partial charge is 0.338 e. The van der Waals surface area contributed by atoms with Crippen LogP contribution in [0.15, 0.2) is 24.3 Å². The van der Waals surface area contributed by atoms with Gasteiger partial charge in [0.25, 0.3) is 0 Å². The molecule has 2 rings (SSSR count). The summed E-state index contributed by atoms with van der Waals surface area (Å²) in [7, 11) is 0. The molecule has 3 heteroatoms. The van der Waals surface area contributed by atoms with Crippen LogP contribution in [0.25, 0.3) is 0 Å². The number of hydrogen-bond acceptors (Lipinski definition) is 3. The van der Waals surface area contributed by atoms with Crippen molar-refractivity contribution in [2.45, 2.75) is 46.6 Å². The fourth-order valence-electron chi connectivity index (χ4n) is 3.25. The van der Waals surface area contributed by atoms with E-state index in [0.29, 0.717) is 29.5 Å². The highest BCUT2D eigenvalue weighted by Crippen LogP contribution is 2.42. The summed E-state index contributed by atoms with van der Waals surface area (Å²) in [5, 5.41) is 3.58. The molecule has 0 aromatic heterocycles. The Labute approximate surface area is 121 Å². The van der Waals surface area contributed by atoms with Crippen LogP contribution in [0.3, 0.4) is 0 Å². The summed E-state index contributed by atoms with van der Waals surface area (Å²) in [6.07, 6.45) is 2.40. The molecule has 0 radical (unpaired) electrons. The van der Waals surface area contributed by atoms with Crippen molar-refractivity contribution in [1.82, 2.24) is 0 Å². The average molecular weight is 275 g/mol. The molecule has 20 heavy (non-hydrogen) atoms. The lowest BCUT2D eigenvalue weighted by Crippen LogP contribution is -2.22. The number of carbonyl (C=O) groups is 1. The Kier molecular flexibility index (Phi) is 4.36. The largest absolute Gasteiger partial charge is 0.462 e. The molecule has 1 aliphatic rings. The van der Waals surface area contributed by atoms with Crippen LogP contribution < -0.4 is 5.32 Å². The molecule has 0 heterocycles. The van der Waals surface area contributed by atoms with E-state index in [-0.39, 0.29) is 5.97 Å². The molecule has 2 atom stereocenters. The number of anilines is 1. The predicted molar refractivity (Wildman–Crippen MR) is 82.0 cm³/mol. The highest BCUT2D eigenvalue weighted by molar-refractivity contribution is 5.90. The van der Waals surface area contributed by atoms with Gasteiger partial charge in [-0.15, -0.1) is 0 Å². The quantitative estimate of drug-likeness (QED) is 0.841. The minimum atomic E-state index is -0.254.